The Morgan fingerprint density at radius 3 is 2.61 bits per heavy atom. The smallest absolute Gasteiger partial charge is 0.248 e. The number of fused-ring (bicyclic) bond motifs is 1. The molecule has 0 fully saturated rings. The second-order valence-electron chi connectivity index (χ2n) is 7.75. The van der Waals surface area contributed by atoms with Gasteiger partial charge in [0, 0.05) is 33.8 Å². The number of benzene rings is 3. The second kappa shape index (κ2) is 9.65. The summed E-state index contributed by atoms with van der Waals surface area (Å²) in [5, 5.41) is 3.86. The van der Waals surface area contributed by atoms with Crippen molar-refractivity contribution >= 4 is 28.1 Å². The number of anilines is 1. The van der Waals surface area contributed by atoms with Crippen LogP contribution in [0.5, 0.6) is 11.5 Å². The van der Waals surface area contributed by atoms with Crippen LogP contribution in [-0.4, -0.2) is 19.6 Å². The van der Waals surface area contributed by atoms with E-state index in [1.807, 2.05) is 81.4 Å². The van der Waals surface area contributed by atoms with Crippen LogP contribution in [0.2, 0.25) is 0 Å². The lowest BCUT2D eigenvalue weighted by Crippen LogP contribution is -2.08. The zero-order valence-corrected chi connectivity index (χ0v) is 19.3. The summed E-state index contributed by atoms with van der Waals surface area (Å²) in [5.74, 6) is 1.30. The number of hydrogen-bond donors (Lipinski definition) is 1. The first-order valence-corrected chi connectivity index (χ1v) is 10.9. The van der Waals surface area contributed by atoms with Crippen molar-refractivity contribution in [3.05, 3.63) is 84.1 Å². The average molecular weight is 442 g/mol. The van der Waals surface area contributed by atoms with Gasteiger partial charge in [0.1, 0.15) is 17.1 Å². The van der Waals surface area contributed by atoms with Crippen molar-refractivity contribution in [2.45, 2.75) is 20.8 Å². The number of allylic oxidation sites excluding steroid dienone is 1. The highest BCUT2D eigenvalue weighted by atomic mass is 16.5. The molecule has 0 unspecified atom stereocenters. The molecule has 1 aromatic heterocycles. The molecule has 4 aromatic rings. The monoisotopic (exact) mass is 441 g/mol. The third-order valence-electron chi connectivity index (χ3n) is 5.53. The number of nitrogens with one attached hydrogen (secondary N) is 1. The van der Waals surface area contributed by atoms with E-state index in [2.05, 4.69) is 5.32 Å². The van der Waals surface area contributed by atoms with Gasteiger partial charge in [-0.05, 0) is 62.2 Å². The molecule has 5 heteroatoms. The number of ether oxygens (including phenoxy) is 2. The first-order chi connectivity index (χ1) is 16.0. The minimum atomic E-state index is -0.195. The van der Waals surface area contributed by atoms with Crippen molar-refractivity contribution in [1.29, 1.82) is 0 Å². The van der Waals surface area contributed by atoms with Crippen LogP contribution in [0.3, 0.4) is 0 Å². The van der Waals surface area contributed by atoms with Crippen molar-refractivity contribution < 1.29 is 18.7 Å². The highest BCUT2D eigenvalue weighted by molar-refractivity contribution is 6.06. The fourth-order valence-electron chi connectivity index (χ4n) is 3.93. The topological polar surface area (TPSA) is 60.7 Å². The molecule has 1 heterocycles. The van der Waals surface area contributed by atoms with E-state index in [9.17, 15) is 4.79 Å². The third-order valence-corrected chi connectivity index (χ3v) is 5.53. The summed E-state index contributed by atoms with van der Waals surface area (Å²) in [6, 6.07) is 19.3. The molecule has 168 valence electrons. The van der Waals surface area contributed by atoms with Crippen LogP contribution in [-0.2, 0) is 4.79 Å². The molecule has 0 saturated carbocycles. The number of para-hydroxylation sites is 1. The summed E-state index contributed by atoms with van der Waals surface area (Å²) in [6.07, 6.45) is 3.36. The zero-order valence-electron chi connectivity index (χ0n) is 19.3. The summed E-state index contributed by atoms with van der Waals surface area (Å²) >= 11 is 0. The molecular formula is C28H27NO4. The van der Waals surface area contributed by atoms with E-state index in [-0.39, 0.29) is 5.91 Å². The van der Waals surface area contributed by atoms with Gasteiger partial charge in [0.15, 0.2) is 0 Å². The van der Waals surface area contributed by atoms with Gasteiger partial charge in [-0.25, -0.2) is 0 Å². The fraction of sp³-hybridized carbons (Fsp3) is 0.179. The van der Waals surface area contributed by atoms with Crippen molar-refractivity contribution in [1.82, 2.24) is 0 Å². The molecule has 0 aliphatic heterocycles. The number of methoxy groups -OCH3 is 1. The van der Waals surface area contributed by atoms with Crippen molar-refractivity contribution in [3.63, 3.8) is 0 Å². The van der Waals surface area contributed by atoms with E-state index in [1.54, 1.807) is 19.4 Å². The molecule has 0 radical (unpaired) electrons. The standard InChI is InChI=1S/C28H27NO4/c1-5-32-27-19(3)28-24(25(17-33-28)20-10-9-13-22(15-20)31-4)16-23(27)18(2)14-26(30)29-21-11-7-6-8-12-21/h6-17H,5H2,1-4H3,(H,29,30)/b18-14+. The maximum atomic E-state index is 12.7. The number of amides is 1. The molecule has 1 N–H and O–H groups in total. The van der Waals surface area contributed by atoms with Gasteiger partial charge in [0.25, 0.3) is 0 Å². The number of hydrogen-bond acceptors (Lipinski definition) is 4. The van der Waals surface area contributed by atoms with E-state index in [0.29, 0.717) is 6.61 Å². The van der Waals surface area contributed by atoms with Gasteiger partial charge in [0.05, 0.1) is 20.0 Å². The van der Waals surface area contributed by atoms with E-state index in [1.165, 1.54) is 0 Å². The van der Waals surface area contributed by atoms with Crippen LogP contribution in [0.4, 0.5) is 5.69 Å². The SMILES string of the molecule is CCOc1c(/C(C)=C/C(=O)Nc2ccccc2)cc2c(-c3cccc(OC)c3)coc2c1C. The molecule has 0 saturated heterocycles. The Kier molecular flexibility index (Phi) is 6.50. The van der Waals surface area contributed by atoms with Gasteiger partial charge in [-0.15, -0.1) is 0 Å². The minimum absolute atomic E-state index is 0.195. The molecule has 0 atom stereocenters. The zero-order chi connectivity index (χ0) is 23.4. The Labute approximate surface area is 193 Å². The number of furan rings is 1. The maximum absolute atomic E-state index is 12.7. The molecule has 1 amide bonds. The first-order valence-electron chi connectivity index (χ1n) is 10.9. The Morgan fingerprint density at radius 2 is 1.88 bits per heavy atom. The lowest BCUT2D eigenvalue weighted by atomic mass is 9.96. The third kappa shape index (κ3) is 4.62. The molecule has 5 nitrogen and oxygen atoms in total. The Bertz CT molecular complexity index is 1320. The molecule has 3 aromatic carbocycles. The summed E-state index contributed by atoms with van der Waals surface area (Å²) < 4.78 is 17.4. The van der Waals surface area contributed by atoms with Gasteiger partial charge in [-0.3, -0.25) is 4.79 Å². The Hall–Kier alpha value is -3.99. The van der Waals surface area contributed by atoms with E-state index in [4.69, 9.17) is 13.9 Å². The van der Waals surface area contributed by atoms with Gasteiger partial charge >= 0.3 is 0 Å². The fourth-order valence-corrected chi connectivity index (χ4v) is 3.93. The van der Waals surface area contributed by atoms with Gasteiger partial charge in [-0.2, -0.15) is 0 Å². The van der Waals surface area contributed by atoms with E-state index >= 15 is 0 Å². The average Bonchev–Trinajstić information content (AvgIpc) is 3.25. The first kappa shape index (κ1) is 22.2. The number of carbonyl (C=O) groups excluding carboxylic acids is 1. The molecular weight excluding hydrogens is 414 g/mol. The van der Waals surface area contributed by atoms with Crippen LogP contribution in [0.1, 0.15) is 25.0 Å². The van der Waals surface area contributed by atoms with Crippen LogP contribution in [0.15, 0.2) is 77.4 Å². The predicted molar refractivity (Wildman–Crippen MR) is 133 cm³/mol. The summed E-state index contributed by atoms with van der Waals surface area (Å²) in [5.41, 5.74) is 6.02. The molecule has 33 heavy (non-hydrogen) atoms. The minimum Gasteiger partial charge on any atom is -0.497 e. The Morgan fingerprint density at radius 1 is 1.09 bits per heavy atom. The van der Waals surface area contributed by atoms with E-state index < -0.39 is 0 Å². The number of aryl methyl sites for hydroxylation is 1. The van der Waals surface area contributed by atoms with Crippen molar-refractivity contribution in [2.75, 3.05) is 19.0 Å². The van der Waals surface area contributed by atoms with Crippen molar-refractivity contribution in [3.8, 4) is 22.6 Å². The van der Waals surface area contributed by atoms with Crippen LogP contribution >= 0.6 is 0 Å². The number of carbonyl (C=O) groups is 1. The maximum Gasteiger partial charge on any atom is 0.248 e. The Balaban J connectivity index is 1.80. The summed E-state index contributed by atoms with van der Waals surface area (Å²) in [4.78, 5) is 12.7. The normalized spacial score (nSPS) is 11.5. The van der Waals surface area contributed by atoms with Gasteiger partial charge in [0.2, 0.25) is 5.91 Å². The highest BCUT2D eigenvalue weighted by Crippen LogP contribution is 2.41. The summed E-state index contributed by atoms with van der Waals surface area (Å²) in [6.45, 7) is 6.34. The molecule has 0 spiro atoms. The lowest BCUT2D eigenvalue weighted by molar-refractivity contribution is -0.111. The van der Waals surface area contributed by atoms with Gasteiger partial charge in [-0.1, -0.05) is 30.3 Å². The lowest BCUT2D eigenvalue weighted by Gasteiger charge is -2.15. The molecule has 0 bridgehead atoms. The van der Waals surface area contributed by atoms with E-state index in [0.717, 1.165) is 56.0 Å². The van der Waals surface area contributed by atoms with Gasteiger partial charge < -0.3 is 19.2 Å². The molecule has 0 aliphatic rings. The number of rotatable bonds is 7. The van der Waals surface area contributed by atoms with Crippen LogP contribution in [0, 0.1) is 6.92 Å². The predicted octanol–water partition coefficient (Wildman–Crippen LogP) is 6.86. The van der Waals surface area contributed by atoms with Crippen LogP contribution < -0.4 is 14.8 Å². The quantitative estimate of drug-likeness (QED) is 0.318. The second-order valence-corrected chi connectivity index (χ2v) is 7.75. The van der Waals surface area contributed by atoms with Crippen LogP contribution in [0.25, 0.3) is 27.7 Å². The molecule has 0 aliphatic carbocycles. The molecule has 4 rings (SSSR count). The van der Waals surface area contributed by atoms with Crippen molar-refractivity contribution in [2.24, 2.45) is 0 Å². The largest absolute Gasteiger partial charge is 0.497 e. The summed E-state index contributed by atoms with van der Waals surface area (Å²) in [7, 11) is 1.65. The highest BCUT2D eigenvalue weighted by Gasteiger charge is 2.19.